The molecule has 0 saturated heterocycles. The first-order valence-corrected chi connectivity index (χ1v) is 28.7. The normalized spacial score (nSPS) is 15.0. The van der Waals surface area contributed by atoms with Gasteiger partial charge in [-0.3, -0.25) is 18.6 Å². The van der Waals surface area contributed by atoms with Crippen LogP contribution in [0.4, 0.5) is 0 Å². The van der Waals surface area contributed by atoms with E-state index in [2.05, 4.69) is 99.0 Å². The summed E-state index contributed by atoms with van der Waals surface area (Å²) in [6, 6.07) is -0.907. The number of allylic oxidation sites excluding steroid dienone is 23. The number of nitrogens with zero attached hydrogens (tertiary/aromatic N) is 1. The number of ether oxygens (including phenoxy) is 1. The average Bonchev–Trinajstić information content (AvgIpc) is 3.33. The van der Waals surface area contributed by atoms with Crippen molar-refractivity contribution in [3.8, 4) is 0 Å². The SMILES string of the molecule is CC\C=C/C=C/C=C/C=C\C=C\C=C\CCCCCC(=O)OC(/C=C/CCCCCCCCCCC)C(COP(=O)(O)OCC[N+](C)(C)C)NC(=O)CCC/C=C\C/C=C\C/C=C\C/C=C\C/C=C\CC. The molecule has 0 saturated carbocycles. The van der Waals surface area contributed by atoms with Crippen LogP contribution in [0.1, 0.15) is 175 Å². The van der Waals surface area contributed by atoms with E-state index in [1.54, 1.807) is 6.08 Å². The van der Waals surface area contributed by atoms with Crippen LogP contribution < -0.4 is 5.32 Å². The van der Waals surface area contributed by atoms with Crippen LogP contribution in [0.5, 0.6) is 0 Å². The Labute approximate surface area is 434 Å². The smallest absolute Gasteiger partial charge is 0.456 e. The minimum Gasteiger partial charge on any atom is -0.456 e. The third-order valence-electron chi connectivity index (χ3n) is 10.9. The number of phosphoric acid groups is 1. The summed E-state index contributed by atoms with van der Waals surface area (Å²) in [5.41, 5.74) is 0. The molecule has 0 aromatic heterocycles. The predicted molar refractivity (Wildman–Crippen MR) is 304 cm³/mol. The summed E-state index contributed by atoms with van der Waals surface area (Å²) in [4.78, 5) is 37.5. The highest BCUT2D eigenvalue weighted by atomic mass is 31.2. The number of hydrogen-bond donors (Lipinski definition) is 2. The number of nitrogens with one attached hydrogen (secondary N) is 1. The molecule has 2 N–H and O–H groups in total. The number of likely N-dealkylation sites (N-methyl/N-ethyl adjacent to an activating group) is 1. The molecule has 0 aliphatic heterocycles. The maximum Gasteiger partial charge on any atom is 0.472 e. The minimum absolute atomic E-state index is 0.0127. The number of carbonyl (C=O) groups excluding carboxylic acids is 2. The number of quaternary nitrogens is 1. The number of carbonyl (C=O) groups is 2. The molecule has 0 fully saturated rings. The van der Waals surface area contributed by atoms with Gasteiger partial charge in [-0.2, -0.15) is 0 Å². The molecule has 1 amide bonds. The van der Waals surface area contributed by atoms with E-state index in [9.17, 15) is 19.0 Å². The number of hydrogen-bond acceptors (Lipinski definition) is 6. The molecule has 71 heavy (non-hydrogen) atoms. The van der Waals surface area contributed by atoms with Gasteiger partial charge >= 0.3 is 13.8 Å². The molecular formula is C61H100N2O7P+. The summed E-state index contributed by atoms with van der Waals surface area (Å²) in [6.07, 6.45) is 71.4. The molecule has 0 aromatic carbocycles. The van der Waals surface area contributed by atoms with Crippen molar-refractivity contribution in [3.05, 3.63) is 146 Å². The van der Waals surface area contributed by atoms with E-state index in [0.29, 0.717) is 23.9 Å². The van der Waals surface area contributed by atoms with Crippen molar-refractivity contribution in [2.75, 3.05) is 40.9 Å². The Bertz CT molecular complexity index is 1720. The Morgan fingerprint density at radius 1 is 0.521 bits per heavy atom. The van der Waals surface area contributed by atoms with Crippen LogP contribution in [-0.4, -0.2) is 74.3 Å². The summed E-state index contributed by atoms with van der Waals surface area (Å²) < 4.78 is 30.5. The molecule has 400 valence electrons. The van der Waals surface area contributed by atoms with Crippen molar-refractivity contribution in [1.82, 2.24) is 5.32 Å². The van der Waals surface area contributed by atoms with Gasteiger partial charge in [-0.15, -0.1) is 0 Å². The first kappa shape index (κ1) is 66.9. The van der Waals surface area contributed by atoms with E-state index in [-0.39, 0.29) is 37.9 Å². The van der Waals surface area contributed by atoms with Gasteiger partial charge in [0, 0.05) is 12.8 Å². The number of rotatable bonds is 46. The zero-order valence-corrected chi connectivity index (χ0v) is 46.3. The van der Waals surface area contributed by atoms with Crippen LogP contribution >= 0.6 is 7.82 Å². The van der Waals surface area contributed by atoms with Crippen molar-refractivity contribution in [3.63, 3.8) is 0 Å². The standard InChI is InChI=1S/C61H99N2O7P/c1-7-10-13-16-19-22-25-27-29-31-33-35-38-41-44-47-50-53-60(64)62-58(57-69-71(66,67)68-56-55-63(4,5)6)59(52-49-46-43-40-37-24-21-18-15-12-9-3)70-61(65)54-51-48-45-42-39-36-34-32-30-28-26-23-20-17-14-11-8-2/h10-11,13-14,17,19-20,22-23,26-30,32-36,39,41,44,49,52,58-59H,7-9,12,15-16,18,21,24-25,31,37-38,40,42-43,45-48,50-51,53-57H2,1-6H3,(H-,62,64,66,67)/p+1/b13-10-,14-11-,20-17+,22-19-,26-23+,29-27-,30-28-,34-32+,35-33-,39-36+,44-41-,52-49+. The Morgan fingerprint density at radius 2 is 0.986 bits per heavy atom. The second kappa shape index (κ2) is 49.5. The molecule has 0 rings (SSSR count). The summed E-state index contributed by atoms with van der Waals surface area (Å²) in [7, 11) is 1.40. The van der Waals surface area contributed by atoms with Gasteiger partial charge in [0.1, 0.15) is 19.3 Å². The van der Waals surface area contributed by atoms with Crippen molar-refractivity contribution in [2.24, 2.45) is 0 Å². The molecule has 0 heterocycles. The number of unbranched alkanes of at least 4 members (excludes halogenated alkanes) is 13. The summed E-state index contributed by atoms with van der Waals surface area (Å²) in [6.45, 7) is 6.62. The van der Waals surface area contributed by atoms with Gasteiger partial charge in [0.15, 0.2) is 0 Å². The van der Waals surface area contributed by atoms with Crippen LogP contribution in [-0.2, 0) is 27.9 Å². The van der Waals surface area contributed by atoms with E-state index in [0.717, 1.165) is 83.5 Å². The molecule has 0 aromatic rings. The lowest BCUT2D eigenvalue weighted by atomic mass is 10.1. The van der Waals surface area contributed by atoms with Gasteiger partial charge in [-0.1, -0.05) is 218 Å². The number of esters is 1. The highest BCUT2D eigenvalue weighted by Gasteiger charge is 2.30. The fourth-order valence-electron chi connectivity index (χ4n) is 6.77. The molecule has 0 bridgehead atoms. The minimum atomic E-state index is -4.48. The van der Waals surface area contributed by atoms with Crippen molar-refractivity contribution < 1.29 is 37.3 Å². The average molecular weight is 1000 g/mol. The number of amides is 1. The lowest BCUT2D eigenvalue weighted by Gasteiger charge is -2.27. The summed E-state index contributed by atoms with van der Waals surface area (Å²) in [5.74, 6) is -0.642. The number of phosphoric ester groups is 1. The first-order valence-electron chi connectivity index (χ1n) is 27.2. The largest absolute Gasteiger partial charge is 0.472 e. The fourth-order valence-corrected chi connectivity index (χ4v) is 7.50. The summed E-state index contributed by atoms with van der Waals surface area (Å²) >= 11 is 0. The monoisotopic (exact) mass is 1000 g/mol. The maximum absolute atomic E-state index is 13.5. The van der Waals surface area contributed by atoms with Gasteiger partial charge in [0.05, 0.1) is 33.8 Å². The Hall–Kier alpha value is -4.11. The molecule has 3 unspecified atom stereocenters. The molecular weight excluding hydrogens is 904 g/mol. The molecule has 10 heteroatoms. The third-order valence-corrected chi connectivity index (χ3v) is 11.9. The lowest BCUT2D eigenvalue weighted by molar-refractivity contribution is -0.870. The van der Waals surface area contributed by atoms with E-state index in [1.807, 2.05) is 88.0 Å². The van der Waals surface area contributed by atoms with Gasteiger partial charge in [-0.25, -0.2) is 4.57 Å². The zero-order valence-electron chi connectivity index (χ0n) is 45.4. The van der Waals surface area contributed by atoms with Gasteiger partial charge in [-0.05, 0) is 89.5 Å². The van der Waals surface area contributed by atoms with Crippen LogP contribution in [0, 0.1) is 0 Å². The first-order chi connectivity index (χ1) is 34.4. The van der Waals surface area contributed by atoms with Crippen molar-refractivity contribution in [1.29, 1.82) is 0 Å². The Kier molecular flexibility index (Phi) is 46.6. The van der Waals surface area contributed by atoms with Crippen LogP contribution in [0.2, 0.25) is 0 Å². The van der Waals surface area contributed by atoms with Crippen molar-refractivity contribution in [2.45, 2.75) is 187 Å². The predicted octanol–water partition coefficient (Wildman–Crippen LogP) is 16.3. The van der Waals surface area contributed by atoms with E-state index < -0.39 is 20.0 Å². The van der Waals surface area contributed by atoms with Crippen molar-refractivity contribution >= 4 is 19.7 Å². The van der Waals surface area contributed by atoms with E-state index in [1.165, 1.54) is 44.9 Å². The maximum atomic E-state index is 13.5. The zero-order chi connectivity index (χ0) is 52.2. The van der Waals surface area contributed by atoms with E-state index in [4.69, 9.17) is 13.8 Å². The fraction of sp³-hybridized carbons (Fsp3) is 0.574. The molecule has 0 aliphatic rings. The Morgan fingerprint density at radius 3 is 1.54 bits per heavy atom. The topological polar surface area (TPSA) is 111 Å². The lowest BCUT2D eigenvalue weighted by Crippen LogP contribution is -2.47. The second-order valence-corrected chi connectivity index (χ2v) is 20.2. The van der Waals surface area contributed by atoms with Gasteiger partial charge < -0.3 is 19.4 Å². The highest BCUT2D eigenvalue weighted by molar-refractivity contribution is 7.47. The summed E-state index contributed by atoms with van der Waals surface area (Å²) in [5, 5.41) is 2.99. The van der Waals surface area contributed by atoms with Crippen LogP contribution in [0.25, 0.3) is 0 Å². The molecule has 0 spiro atoms. The van der Waals surface area contributed by atoms with Crippen LogP contribution in [0.15, 0.2) is 146 Å². The third kappa shape index (κ3) is 50.6. The van der Waals surface area contributed by atoms with Crippen LogP contribution in [0.3, 0.4) is 0 Å². The van der Waals surface area contributed by atoms with Gasteiger partial charge in [0.25, 0.3) is 0 Å². The second-order valence-electron chi connectivity index (χ2n) is 18.8. The highest BCUT2D eigenvalue weighted by Crippen LogP contribution is 2.43. The quantitative estimate of drug-likeness (QED) is 0.0156. The molecule has 3 atom stereocenters. The van der Waals surface area contributed by atoms with Gasteiger partial charge in [0.2, 0.25) is 5.91 Å². The molecule has 0 radical (unpaired) electrons. The molecule has 0 aliphatic carbocycles. The molecule has 9 nitrogen and oxygen atoms in total. The van der Waals surface area contributed by atoms with E-state index >= 15 is 0 Å². The Balaban J connectivity index is 5.58.